The Labute approximate surface area is 260 Å². The summed E-state index contributed by atoms with van der Waals surface area (Å²) in [5, 5.41) is 0. The summed E-state index contributed by atoms with van der Waals surface area (Å²) in [4.78, 5) is 11.6. The van der Waals surface area contributed by atoms with E-state index in [-0.39, 0.29) is 26.4 Å². The number of unbranched alkanes of at least 4 members (excludes halogenated alkanes) is 1. The third-order valence-corrected chi connectivity index (χ3v) is 5.45. The summed E-state index contributed by atoms with van der Waals surface area (Å²) < 4.78 is 119. The molecule has 262 valence electrons. The van der Waals surface area contributed by atoms with Crippen molar-refractivity contribution in [3.63, 3.8) is 0 Å². The molecular weight excluding hydrogens is 619 g/mol. The summed E-state index contributed by atoms with van der Waals surface area (Å²) in [6, 6.07) is 0. The minimum absolute atomic E-state index is 0.0863. The molecule has 0 bridgehead atoms. The molecule has 0 unspecified atom stereocenters. The lowest BCUT2D eigenvalue weighted by Gasteiger charge is -2.09. The van der Waals surface area contributed by atoms with E-state index in [0.717, 1.165) is 19.4 Å². The van der Waals surface area contributed by atoms with E-state index in [4.69, 9.17) is 42.6 Å². The van der Waals surface area contributed by atoms with E-state index in [9.17, 15) is 26.7 Å². The van der Waals surface area contributed by atoms with Crippen molar-refractivity contribution in [2.45, 2.75) is 26.2 Å². The van der Waals surface area contributed by atoms with Gasteiger partial charge in [-0.3, -0.25) is 4.79 Å². The lowest BCUT2D eigenvalue weighted by atomic mass is 10.2. The van der Waals surface area contributed by atoms with Gasteiger partial charge in [-0.1, -0.05) is 13.3 Å². The molecule has 0 atom stereocenters. The molecule has 1 aromatic rings. The van der Waals surface area contributed by atoms with Crippen LogP contribution in [0.15, 0.2) is 0 Å². The molecule has 1 rings (SSSR count). The normalized spacial score (nSPS) is 11.4. The van der Waals surface area contributed by atoms with Crippen LogP contribution >= 0.6 is 0 Å². The second kappa shape index (κ2) is 28.2. The molecule has 0 heterocycles. The van der Waals surface area contributed by atoms with Crippen molar-refractivity contribution in [2.24, 2.45) is 0 Å². The van der Waals surface area contributed by atoms with Crippen LogP contribution in [-0.4, -0.2) is 125 Å². The Bertz CT molecular complexity index is 870. The van der Waals surface area contributed by atoms with Crippen LogP contribution in [0.4, 0.5) is 22.0 Å². The Morgan fingerprint density at radius 2 is 0.689 bits per heavy atom. The fourth-order valence-electron chi connectivity index (χ4n) is 3.10. The van der Waals surface area contributed by atoms with Gasteiger partial charge in [0, 0.05) is 6.61 Å². The van der Waals surface area contributed by atoms with E-state index in [1.807, 2.05) is 0 Å². The summed E-state index contributed by atoms with van der Waals surface area (Å²) >= 11 is 0. The van der Waals surface area contributed by atoms with Crippen LogP contribution in [0.25, 0.3) is 0 Å². The molecular formula is C29H45F5O11. The maximum atomic E-state index is 13.5. The molecule has 0 aliphatic rings. The van der Waals surface area contributed by atoms with Crippen LogP contribution in [-0.2, 0) is 47.4 Å². The van der Waals surface area contributed by atoms with Crippen molar-refractivity contribution in [1.29, 1.82) is 0 Å². The van der Waals surface area contributed by atoms with E-state index < -0.39 is 47.2 Å². The number of halogens is 5. The zero-order valence-corrected chi connectivity index (χ0v) is 25.7. The third kappa shape index (κ3) is 20.7. The van der Waals surface area contributed by atoms with Gasteiger partial charge >= 0.3 is 5.97 Å². The Morgan fingerprint density at radius 3 is 1.00 bits per heavy atom. The standard InChI is InChI=1S/C29H45F5O11/c1-2-3-5-36-7-9-38-11-13-40-15-17-42-19-21-44-22-20-43-18-16-41-14-12-39-10-8-37-6-4-23(35)45-29-27(33)25(31)24(30)26(32)28(29)34/h2-22H2,1H3. The second-order valence-electron chi connectivity index (χ2n) is 8.99. The van der Waals surface area contributed by atoms with Gasteiger partial charge in [0.1, 0.15) is 0 Å². The molecule has 0 aliphatic heterocycles. The number of ether oxygens (including phenoxy) is 10. The number of esters is 1. The van der Waals surface area contributed by atoms with E-state index >= 15 is 0 Å². The molecule has 1 aromatic carbocycles. The maximum Gasteiger partial charge on any atom is 0.313 e. The number of hydrogen-bond acceptors (Lipinski definition) is 11. The van der Waals surface area contributed by atoms with Crippen LogP contribution < -0.4 is 4.74 Å². The van der Waals surface area contributed by atoms with Gasteiger partial charge in [-0.15, -0.1) is 0 Å². The maximum absolute atomic E-state index is 13.5. The third-order valence-electron chi connectivity index (χ3n) is 5.45. The van der Waals surface area contributed by atoms with E-state index in [1.165, 1.54) is 0 Å². The number of benzene rings is 1. The Hall–Kier alpha value is -2.02. The van der Waals surface area contributed by atoms with Crippen LogP contribution in [0.2, 0.25) is 0 Å². The van der Waals surface area contributed by atoms with Crippen LogP contribution in [0.3, 0.4) is 0 Å². The lowest BCUT2D eigenvalue weighted by molar-refractivity contribution is -0.136. The molecule has 0 spiro atoms. The Balaban J connectivity index is 1.78. The van der Waals surface area contributed by atoms with Crippen LogP contribution in [0.5, 0.6) is 5.75 Å². The minimum atomic E-state index is -2.35. The van der Waals surface area contributed by atoms with Crippen LogP contribution in [0, 0.1) is 29.1 Å². The van der Waals surface area contributed by atoms with Crippen molar-refractivity contribution < 1.29 is 74.1 Å². The predicted molar refractivity (Wildman–Crippen MR) is 149 cm³/mol. The van der Waals surface area contributed by atoms with Gasteiger partial charge in [-0.05, 0) is 6.42 Å². The first kappa shape index (κ1) is 41.0. The van der Waals surface area contributed by atoms with Crippen molar-refractivity contribution in [3.05, 3.63) is 29.1 Å². The van der Waals surface area contributed by atoms with Gasteiger partial charge < -0.3 is 47.4 Å². The predicted octanol–water partition coefficient (Wildman–Crippen LogP) is 3.63. The van der Waals surface area contributed by atoms with Gasteiger partial charge in [-0.25, -0.2) is 13.2 Å². The highest BCUT2D eigenvalue weighted by Gasteiger charge is 2.28. The highest BCUT2D eigenvalue weighted by atomic mass is 19.2. The average molecular weight is 665 g/mol. The largest absolute Gasteiger partial charge is 0.420 e. The highest BCUT2D eigenvalue weighted by molar-refractivity contribution is 5.72. The van der Waals surface area contributed by atoms with E-state index in [0.29, 0.717) is 85.9 Å². The minimum Gasteiger partial charge on any atom is -0.420 e. The summed E-state index contributed by atoms with van der Waals surface area (Å²) in [5.41, 5.74) is 0. The zero-order chi connectivity index (χ0) is 33.0. The van der Waals surface area contributed by atoms with Gasteiger partial charge in [0.15, 0.2) is 0 Å². The molecule has 0 saturated heterocycles. The van der Waals surface area contributed by atoms with Crippen molar-refractivity contribution in [1.82, 2.24) is 0 Å². The first-order valence-corrected chi connectivity index (χ1v) is 14.8. The second-order valence-corrected chi connectivity index (χ2v) is 8.99. The van der Waals surface area contributed by atoms with E-state index in [1.54, 1.807) is 0 Å². The van der Waals surface area contributed by atoms with Gasteiger partial charge in [0.05, 0.1) is 119 Å². The first-order chi connectivity index (χ1) is 21.9. The topological polar surface area (TPSA) is 109 Å². The summed E-state index contributed by atoms with van der Waals surface area (Å²) in [6.45, 7) is 9.21. The van der Waals surface area contributed by atoms with Crippen LogP contribution in [0.1, 0.15) is 26.2 Å². The monoisotopic (exact) mass is 664 g/mol. The molecule has 16 heteroatoms. The van der Waals surface area contributed by atoms with E-state index in [2.05, 4.69) is 11.7 Å². The quantitative estimate of drug-likeness (QED) is 0.0290. The molecule has 0 saturated carbocycles. The Kier molecular flexibility index (Phi) is 25.7. The number of hydrogen-bond donors (Lipinski definition) is 0. The van der Waals surface area contributed by atoms with Crippen molar-refractivity contribution >= 4 is 5.97 Å². The van der Waals surface area contributed by atoms with Gasteiger partial charge in [-0.2, -0.15) is 8.78 Å². The number of carbonyl (C=O) groups excluding carboxylic acids is 1. The SMILES string of the molecule is CCCCOCCOCCOCCOCCOCCOCCOCCOCCOCCC(=O)Oc1c(F)c(F)c(F)c(F)c1F. The van der Waals surface area contributed by atoms with Crippen molar-refractivity contribution in [2.75, 3.05) is 119 Å². The highest BCUT2D eigenvalue weighted by Crippen LogP contribution is 2.29. The summed E-state index contributed by atoms with van der Waals surface area (Å²) in [6.07, 6.45) is 1.70. The molecule has 45 heavy (non-hydrogen) atoms. The molecule has 0 aliphatic carbocycles. The molecule has 0 amide bonds. The summed E-state index contributed by atoms with van der Waals surface area (Å²) in [5.74, 6) is -14.1. The lowest BCUT2D eigenvalue weighted by Crippen LogP contribution is -2.16. The smallest absolute Gasteiger partial charge is 0.313 e. The molecule has 0 aromatic heterocycles. The average Bonchev–Trinajstić information content (AvgIpc) is 3.04. The zero-order valence-electron chi connectivity index (χ0n) is 25.7. The molecule has 0 radical (unpaired) electrons. The number of rotatable bonds is 31. The Morgan fingerprint density at radius 1 is 0.422 bits per heavy atom. The fourth-order valence-corrected chi connectivity index (χ4v) is 3.10. The van der Waals surface area contributed by atoms with Crippen molar-refractivity contribution in [3.8, 4) is 5.75 Å². The molecule has 0 N–H and O–H groups in total. The first-order valence-electron chi connectivity index (χ1n) is 14.8. The summed E-state index contributed by atoms with van der Waals surface area (Å²) in [7, 11) is 0. The van der Waals surface area contributed by atoms with Gasteiger partial charge in [0.25, 0.3) is 0 Å². The number of carbonyl (C=O) groups is 1. The fraction of sp³-hybridized carbons (Fsp3) is 0.759. The van der Waals surface area contributed by atoms with Gasteiger partial charge in [0.2, 0.25) is 34.8 Å². The molecule has 11 nitrogen and oxygen atoms in total. The molecule has 0 fully saturated rings.